The number of methoxy groups -OCH3 is 1. The van der Waals surface area contributed by atoms with Crippen LogP contribution in [0.25, 0.3) is 0 Å². The number of carbonyl (C=O) groups is 1. The van der Waals surface area contributed by atoms with Gasteiger partial charge in [0.05, 0.1) is 19.3 Å². The number of nitrogens with zero attached hydrogens (tertiary/aromatic N) is 4. The summed E-state index contributed by atoms with van der Waals surface area (Å²) in [7, 11) is 1.65. The van der Waals surface area contributed by atoms with Gasteiger partial charge >= 0.3 is 0 Å². The van der Waals surface area contributed by atoms with Crippen LogP contribution >= 0.6 is 0 Å². The van der Waals surface area contributed by atoms with Gasteiger partial charge in [-0.1, -0.05) is 17.3 Å². The van der Waals surface area contributed by atoms with Crippen molar-refractivity contribution in [1.82, 2.24) is 19.9 Å². The first-order valence-corrected chi connectivity index (χ1v) is 7.05. The molecule has 1 aromatic carbocycles. The number of hydrogen-bond donors (Lipinski definition) is 0. The lowest BCUT2D eigenvalue weighted by atomic mass is 10.0. The van der Waals surface area contributed by atoms with E-state index in [1.807, 2.05) is 29.2 Å². The Labute approximate surface area is 123 Å². The third kappa shape index (κ3) is 2.89. The molecule has 1 saturated heterocycles. The first kappa shape index (κ1) is 13.6. The van der Waals surface area contributed by atoms with Gasteiger partial charge in [-0.2, -0.15) is 0 Å². The number of aromatic nitrogens is 3. The van der Waals surface area contributed by atoms with Gasteiger partial charge in [0.25, 0.3) is 0 Å². The number of hydrogen-bond acceptors (Lipinski definition) is 4. The van der Waals surface area contributed by atoms with Gasteiger partial charge < -0.3 is 9.64 Å². The van der Waals surface area contributed by atoms with E-state index in [0.717, 1.165) is 30.7 Å². The fourth-order valence-electron chi connectivity index (χ4n) is 2.81. The Morgan fingerprint density at radius 3 is 3.14 bits per heavy atom. The van der Waals surface area contributed by atoms with Gasteiger partial charge in [-0.25, -0.2) is 4.68 Å². The second kappa shape index (κ2) is 5.95. The molecule has 110 valence electrons. The number of likely N-dealkylation sites (tertiary alicyclic amines) is 1. The maximum Gasteiger partial charge on any atom is 0.244 e. The van der Waals surface area contributed by atoms with Gasteiger partial charge in [-0.3, -0.25) is 4.79 Å². The minimum Gasteiger partial charge on any atom is -0.497 e. The second-order valence-corrected chi connectivity index (χ2v) is 5.12. The molecule has 6 nitrogen and oxygen atoms in total. The summed E-state index contributed by atoms with van der Waals surface area (Å²) in [5.74, 6) is 0.897. The van der Waals surface area contributed by atoms with Crippen molar-refractivity contribution < 1.29 is 9.53 Å². The molecule has 1 aliphatic heterocycles. The van der Waals surface area contributed by atoms with Crippen LogP contribution in [0.3, 0.4) is 0 Å². The van der Waals surface area contributed by atoms with Crippen LogP contribution < -0.4 is 4.74 Å². The third-order valence-corrected chi connectivity index (χ3v) is 3.82. The van der Waals surface area contributed by atoms with Gasteiger partial charge in [0.1, 0.15) is 12.3 Å². The van der Waals surface area contributed by atoms with Crippen molar-refractivity contribution in [3.05, 3.63) is 42.2 Å². The Morgan fingerprint density at radius 2 is 2.38 bits per heavy atom. The Morgan fingerprint density at radius 1 is 1.48 bits per heavy atom. The predicted molar refractivity (Wildman–Crippen MR) is 76.7 cm³/mol. The number of rotatable bonds is 4. The molecular formula is C15H18N4O2. The molecule has 2 heterocycles. The topological polar surface area (TPSA) is 60.2 Å². The van der Waals surface area contributed by atoms with Crippen molar-refractivity contribution in [3.8, 4) is 5.75 Å². The summed E-state index contributed by atoms with van der Waals surface area (Å²) < 4.78 is 6.83. The third-order valence-electron chi connectivity index (χ3n) is 3.82. The molecule has 0 N–H and O–H groups in total. The summed E-state index contributed by atoms with van der Waals surface area (Å²) in [6.07, 6.45) is 5.28. The molecule has 2 aromatic rings. The molecule has 6 heteroatoms. The Balaban J connectivity index is 1.76. The summed E-state index contributed by atoms with van der Waals surface area (Å²) in [4.78, 5) is 14.4. The highest BCUT2D eigenvalue weighted by molar-refractivity contribution is 5.76. The minimum absolute atomic E-state index is 0.0748. The van der Waals surface area contributed by atoms with Crippen LogP contribution in [0, 0.1) is 0 Å². The van der Waals surface area contributed by atoms with E-state index in [0.29, 0.717) is 0 Å². The van der Waals surface area contributed by atoms with E-state index in [2.05, 4.69) is 10.3 Å². The first-order chi connectivity index (χ1) is 10.3. The lowest BCUT2D eigenvalue weighted by molar-refractivity contribution is -0.133. The monoisotopic (exact) mass is 286 g/mol. The van der Waals surface area contributed by atoms with E-state index in [-0.39, 0.29) is 18.5 Å². The van der Waals surface area contributed by atoms with Crippen LogP contribution in [-0.2, 0) is 11.3 Å². The zero-order valence-electron chi connectivity index (χ0n) is 12.0. The zero-order valence-corrected chi connectivity index (χ0v) is 12.0. The van der Waals surface area contributed by atoms with Gasteiger partial charge in [0.2, 0.25) is 5.91 Å². The average molecular weight is 286 g/mol. The number of benzene rings is 1. The Bertz CT molecular complexity index is 612. The molecule has 1 aliphatic rings. The molecule has 3 rings (SSSR count). The van der Waals surface area contributed by atoms with Crippen molar-refractivity contribution in [2.45, 2.75) is 25.4 Å². The van der Waals surface area contributed by atoms with Crippen molar-refractivity contribution in [2.24, 2.45) is 0 Å². The van der Waals surface area contributed by atoms with Crippen molar-refractivity contribution in [3.63, 3.8) is 0 Å². The fraction of sp³-hybridized carbons (Fsp3) is 0.400. The maximum atomic E-state index is 12.5. The summed E-state index contributed by atoms with van der Waals surface area (Å²) in [5.41, 5.74) is 1.12. The number of amides is 1. The van der Waals surface area contributed by atoms with E-state index in [9.17, 15) is 4.79 Å². The van der Waals surface area contributed by atoms with Gasteiger partial charge in [0, 0.05) is 12.7 Å². The van der Waals surface area contributed by atoms with Crippen LogP contribution in [-0.4, -0.2) is 39.5 Å². The fourth-order valence-corrected chi connectivity index (χ4v) is 2.81. The van der Waals surface area contributed by atoms with Gasteiger partial charge in [-0.05, 0) is 30.5 Å². The van der Waals surface area contributed by atoms with Gasteiger partial charge in [-0.15, -0.1) is 5.10 Å². The van der Waals surface area contributed by atoms with Crippen LogP contribution in [0.4, 0.5) is 0 Å². The van der Waals surface area contributed by atoms with Gasteiger partial charge in [0.15, 0.2) is 0 Å². The molecular weight excluding hydrogens is 268 g/mol. The molecule has 1 fully saturated rings. The largest absolute Gasteiger partial charge is 0.497 e. The summed E-state index contributed by atoms with van der Waals surface area (Å²) >= 11 is 0. The molecule has 21 heavy (non-hydrogen) atoms. The molecule has 1 atom stereocenters. The summed E-state index contributed by atoms with van der Waals surface area (Å²) in [5, 5.41) is 7.58. The quantitative estimate of drug-likeness (QED) is 0.857. The molecule has 0 radical (unpaired) electrons. The molecule has 0 unspecified atom stereocenters. The predicted octanol–water partition coefficient (Wildman–Crippen LogP) is 1.65. The molecule has 1 amide bonds. The van der Waals surface area contributed by atoms with E-state index in [1.165, 1.54) is 0 Å². The highest BCUT2D eigenvalue weighted by Gasteiger charge is 2.30. The number of carbonyl (C=O) groups excluding carboxylic acids is 1. The standard InChI is InChI=1S/C15H18N4O2/c1-21-13-5-2-4-12(10-13)14-6-3-8-19(14)15(20)11-18-9-7-16-17-18/h2,4-5,7,9-10,14H,3,6,8,11H2,1H3/t14-/m1/s1. The smallest absolute Gasteiger partial charge is 0.244 e. The Hall–Kier alpha value is -2.37. The highest BCUT2D eigenvalue weighted by Crippen LogP contribution is 2.33. The molecule has 0 spiro atoms. The van der Waals surface area contributed by atoms with Crippen molar-refractivity contribution >= 4 is 5.91 Å². The van der Waals surface area contributed by atoms with Crippen LogP contribution in [0.2, 0.25) is 0 Å². The zero-order chi connectivity index (χ0) is 14.7. The minimum atomic E-state index is 0.0748. The number of ether oxygens (including phenoxy) is 1. The lowest BCUT2D eigenvalue weighted by Gasteiger charge is -2.25. The molecule has 0 aliphatic carbocycles. The lowest BCUT2D eigenvalue weighted by Crippen LogP contribution is -2.33. The van der Waals surface area contributed by atoms with E-state index in [1.54, 1.807) is 24.2 Å². The maximum absolute atomic E-state index is 12.5. The van der Waals surface area contributed by atoms with E-state index < -0.39 is 0 Å². The summed E-state index contributed by atoms with van der Waals surface area (Å²) in [6.45, 7) is 1.02. The first-order valence-electron chi connectivity index (χ1n) is 7.05. The molecule has 0 saturated carbocycles. The van der Waals surface area contributed by atoms with Crippen LogP contribution in [0.15, 0.2) is 36.7 Å². The second-order valence-electron chi connectivity index (χ2n) is 5.12. The highest BCUT2D eigenvalue weighted by atomic mass is 16.5. The molecule has 0 bridgehead atoms. The van der Waals surface area contributed by atoms with Crippen molar-refractivity contribution in [2.75, 3.05) is 13.7 Å². The Kier molecular flexibility index (Phi) is 3.85. The van der Waals surface area contributed by atoms with Crippen molar-refractivity contribution in [1.29, 1.82) is 0 Å². The summed E-state index contributed by atoms with van der Waals surface area (Å²) in [6, 6.07) is 8.06. The van der Waals surface area contributed by atoms with E-state index >= 15 is 0 Å². The average Bonchev–Trinajstić information content (AvgIpc) is 3.18. The van der Waals surface area contributed by atoms with Crippen LogP contribution in [0.1, 0.15) is 24.4 Å². The SMILES string of the molecule is COc1cccc([C@H]2CCCN2C(=O)Cn2ccnn2)c1. The normalized spacial score (nSPS) is 18.0. The van der Waals surface area contributed by atoms with E-state index in [4.69, 9.17) is 4.74 Å². The molecule has 1 aromatic heterocycles. The van der Waals surface area contributed by atoms with Crippen LogP contribution in [0.5, 0.6) is 5.75 Å².